The fourth-order valence-corrected chi connectivity index (χ4v) is 2.97. The SMILES string of the molecule is O=C1NC2(CCCCC2)Nc2cc(Cl)ccc21. The van der Waals surface area contributed by atoms with Gasteiger partial charge in [-0.2, -0.15) is 0 Å². The third kappa shape index (κ3) is 1.89. The van der Waals surface area contributed by atoms with Crippen LogP contribution >= 0.6 is 11.6 Å². The van der Waals surface area contributed by atoms with E-state index in [0.29, 0.717) is 10.6 Å². The summed E-state index contributed by atoms with van der Waals surface area (Å²) < 4.78 is 0. The number of rotatable bonds is 0. The van der Waals surface area contributed by atoms with E-state index < -0.39 is 0 Å². The Bertz CT molecular complexity index is 466. The molecule has 0 unspecified atom stereocenters. The summed E-state index contributed by atoms with van der Waals surface area (Å²) in [7, 11) is 0. The van der Waals surface area contributed by atoms with Crippen LogP contribution in [0.2, 0.25) is 5.02 Å². The Morgan fingerprint density at radius 2 is 1.88 bits per heavy atom. The fraction of sp³-hybridized carbons (Fsp3) is 0.462. The van der Waals surface area contributed by atoms with Crippen LogP contribution in [0.4, 0.5) is 5.69 Å². The van der Waals surface area contributed by atoms with Crippen molar-refractivity contribution in [3.05, 3.63) is 28.8 Å². The maximum absolute atomic E-state index is 12.1. The number of carbonyl (C=O) groups is 1. The van der Waals surface area contributed by atoms with Crippen LogP contribution in [0.5, 0.6) is 0 Å². The minimum Gasteiger partial charge on any atom is -0.362 e. The Morgan fingerprint density at radius 3 is 2.65 bits per heavy atom. The summed E-state index contributed by atoms with van der Waals surface area (Å²) in [4.78, 5) is 12.1. The summed E-state index contributed by atoms with van der Waals surface area (Å²) >= 11 is 5.98. The lowest BCUT2D eigenvalue weighted by Gasteiger charge is -2.43. The van der Waals surface area contributed by atoms with Crippen LogP contribution in [0.3, 0.4) is 0 Å². The van der Waals surface area contributed by atoms with Gasteiger partial charge in [0, 0.05) is 5.02 Å². The van der Waals surface area contributed by atoms with Gasteiger partial charge < -0.3 is 10.6 Å². The second kappa shape index (κ2) is 3.91. The summed E-state index contributed by atoms with van der Waals surface area (Å²) in [5, 5.41) is 7.25. The minimum atomic E-state index is -0.243. The van der Waals surface area contributed by atoms with Gasteiger partial charge in [-0.05, 0) is 43.9 Å². The first kappa shape index (κ1) is 10.9. The fourth-order valence-electron chi connectivity index (χ4n) is 2.80. The number of halogens is 1. The molecule has 0 atom stereocenters. The van der Waals surface area contributed by atoms with Gasteiger partial charge in [-0.15, -0.1) is 0 Å². The molecule has 0 saturated heterocycles. The van der Waals surface area contributed by atoms with Crippen molar-refractivity contribution < 1.29 is 4.79 Å². The Kier molecular flexibility index (Phi) is 2.51. The zero-order chi connectivity index (χ0) is 11.9. The molecule has 1 aromatic rings. The van der Waals surface area contributed by atoms with Crippen LogP contribution in [0.25, 0.3) is 0 Å². The Morgan fingerprint density at radius 1 is 1.12 bits per heavy atom. The molecule has 1 spiro atoms. The summed E-state index contributed by atoms with van der Waals surface area (Å²) in [6.45, 7) is 0. The van der Waals surface area contributed by atoms with E-state index in [1.165, 1.54) is 6.42 Å². The maximum Gasteiger partial charge on any atom is 0.255 e. The third-order valence-electron chi connectivity index (χ3n) is 3.66. The number of benzene rings is 1. The lowest BCUT2D eigenvalue weighted by Crippen LogP contribution is -2.58. The number of nitrogens with one attached hydrogen (secondary N) is 2. The van der Waals surface area contributed by atoms with E-state index in [-0.39, 0.29) is 11.6 Å². The van der Waals surface area contributed by atoms with Crippen molar-refractivity contribution in [1.29, 1.82) is 0 Å². The van der Waals surface area contributed by atoms with E-state index in [0.717, 1.165) is 31.4 Å². The topological polar surface area (TPSA) is 41.1 Å². The molecule has 1 aliphatic heterocycles. The van der Waals surface area contributed by atoms with Crippen LogP contribution in [0.1, 0.15) is 42.5 Å². The molecule has 1 aromatic carbocycles. The highest BCUT2D eigenvalue weighted by Crippen LogP contribution is 2.35. The smallest absolute Gasteiger partial charge is 0.255 e. The van der Waals surface area contributed by atoms with E-state index >= 15 is 0 Å². The standard InChI is InChI=1S/C13H15ClN2O/c14-9-4-5-10-11(8-9)15-13(16-12(10)17)6-2-1-3-7-13/h4-5,8,15H,1-3,6-7H2,(H,16,17). The van der Waals surface area contributed by atoms with Crippen LogP contribution in [-0.2, 0) is 0 Å². The number of anilines is 1. The van der Waals surface area contributed by atoms with Crippen molar-refractivity contribution in [1.82, 2.24) is 5.32 Å². The number of hydrogen-bond donors (Lipinski definition) is 2. The molecule has 3 nitrogen and oxygen atoms in total. The summed E-state index contributed by atoms with van der Waals surface area (Å²) in [5.74, 6) is 0.0114. The minimum absolute atomic E-state index is 0.0114. The molecule has 1 heterocycles. The second-order valence-corrected chi connectivity index (χ2v) is 5.35. The predicted molar refractivity (Wildman–Crippen MR) is 68.4 cm³/mol. The van der Waals surface area contributed by atoms with Gasteiger partial charge in [0.15, 0.2) is 0 Å². The van der Waals surface area contributed by atoms with E-state index in [1.807, 2.05) is 6.07 Å². The van der Waals surface area contributed by atoms with Gasteiger partial charge in [-0.25, -0.2) is 0 Å². The van der Waals surface area contributed by atoms with Crippen LogP contribution in [-0.4, -0.2) is 11.6 Å². The lowest BCUT2D eigenvalue weighted by molar-refractivity contribution is 0.0876. The van der Waals surface area contributed by atoms with Gasteiger partial charge in [-0.3, -0.25) is 4.79 Å². The van der Waals surface area contributed by atoms with Crippen molar-refractivity contribution in [2.24, 2.45) is 0 Å². The van der Waals surface area contributed by atoms with Crippen molar-refractivity contribution in [2.45, 2.75) is 37.8 Å². The number of fused-ring (bicyclic) bond motifs is 1. The van der Waals surface area contributed by atoms with Crippen molar-refractivity contribution >= 4 is 23.2 Å². The Hall–Kier alpha value is -1.22. The van der Waals surface area contributed by atoms with Crippen molar-refractivity contribution in [3.63, 3.8) is 0 Å². The highest BCUT2D eigenvalue weighted by Gasteiger charge is 2.38. The molecule has 2 N–H and O–H groups in total. The molecule has 4 heteroatoms. The lowest BCUT2D eigenvalue weighted by atomic mass is 9.86. The molecule has 2 aliphatic rings. The largest absolute Gasteiger partial charge is 0.362 e. The zero-order valence-electron chi connectivity index (χ0n) is 9.55. The molecule has 0 bridgehead atoms. The predicted octanol–water partition coefficient (Wildman–Crippen LogP) is 3.16. The van der Waals surface area contributed by atoms with E-state index in [1.54, 1.807) is 12.1 Å². The molecule has 1 fully saturated rings. The quantitative estimate of drug-likeness (QED) is 0.743. The van der Waals surface area contributed by atoms with Gasteiger partial charge >= 0.3 is 0 Å². The first-order valence-corrected chi connectivity index (χ1v) is 6.47. The Labute approximate surface area is 106 Å². The van der Waals surface area contributed by atoms with E-state index in [4.69, 9.17) is 11.6 Å². The monoisotopic (exact) mass is 250 g/mol. The van der Waals surface area contributed by atoms with Gasteiger partial charge in [0.2, 0.25) is 0 Å². The van der Waals surface area contributed by atoms with E-state index in [2.05, 4.69) is 10.6 Å². The third-order valence-corrected chi connectivity index (χ3v) is 3.90. The zero-order valence-corrected chi connectivity index (χ0v) is 10.3. The van der Waals surface area contributed by atoms with Crippen LogP contribution < -0.4 is 10.6 Å². The average molecular weight is 251 g/mol. The molecule has 90 valence electrons. The number of amides is 1. The summed E-state index contributed by atoms with van der Waals surface area (Å²) in [5.41, 5.74) is 1.31. The molecule has 1 aliphatic carbocycles. The van der Waals surface area contributed by atoms with Gasteiger partial charge in [0.25, 0.3) is 5.91 Å². The first-order chi connectivity index (χ1) is 8.19. The normalized spacial score (nSPS) is 21.6. The van der Waals surface area contributed by atoms with Gasteiger partial charge in [-0.1, -0.05) is 18.0 Å². The van der Waals surface area contributed by atoms with E-state index in [9.17, 15) is 4.79 Å². The highest BCUT2D eigenvalue weighted by atomic mass is 35.5. The van der Waals surface area contributed by atoms with Crippen molar-refractivity contribution in [2.75, 3.05) is 5.32 Å². The van der Waals surface area contributed by atoms with Crippen LogP contribution in [0, 0.1) is 0 Å². The van der Waals surface area contributed by atoms with Gasteiger partial charge in [0.05, 0.1) is 11.3 Å². The molecular weight excluding hydrogens is 236 g/mol. The maximum atomic E-state index is 12.1. The van der Waals surface area contributed by atoms with Crippen LogP contribution in [0.15, 0.2) is 18.2 Å². The molecule has 17 heavy (non-hydrogen) atoms. The molecular formula is C13H15ClN2O. The first-order valence-electron chi connectivity index (χ1n) is 6.09. The second-order valence-electron chi connectivity index (χ2n) is 4.91. The number of carbonyl (C=O) groups excluding carboxylic acids is 1. The average Bonchev–Trinajstić information content (AvgIpc) is 2.29. The highest BCUT2D eigenvalue weighted by molar-refractivity contribution is 6.31. The van der Waals surface area contributed by atoms with Gasteiger partial charge in [0.1, 0.15) is 5.66 Å². The molecule has 0 aromatic heterocycles. The summed E-state index contributed by atoms with van der Waals surface area (Å²) in [6.07, 6.45) is 5.55. The van der Waals surface area contributed by atoms with Crippen molar-refractivity contribution in [3.8, 4) is 0 Å². The molecule has 1 amide bonds. The molecule has 1 saturated carbocycles. The molecule has 0 radical (unpaired) electrons. The number of hydrogen-bond acceptors (Lipinski definition) is 2. The Balaban J connectivity index is 1.98. The molecule has 3 rings (SSSR count). The summed E-state index contributed by atoms with van der Waals surface area (Å²) in [6, 6.07) is 5.36.